The first-order chi connectivity index (χ1) is 12.5. The van der Waals surface area contributed by atoms with Gasteiger partial charge in [0.2, 0.25) is 0 Å². The van der Waals surface area contributed by atoms with E-state index in [-0.39, 0.29) is 5.56 Å². The number of pyridine rings is 1. The number of nitrogens with zero attached hydrogens (tertiary/aromatic N) is 2. The molecule has 26 heavy (non-hydrogen) atoms. The Morgan fingerprint density at radius 3 is 2.77 bits per heavy atom. The molecule has 2 aromatic rings. The van der Waals surface area contributed by atoms with Crippen LogP contribution in [0, 0.1) is 6.92 Å². The maximum Gasteiger partial charge on any atom is 0.263 e. The number of benzene rings is 1. The molecule has 0 aliphatic rings. The summed E-state index contributed by atoms with van der Waals surface area (Å²) in [5.41, 5.74) is 3.77. The lowest BCUT2D eigenvalue weighted by Crippen LogP contribution is -2.19. The van der Waals surface area contributed by atoms with Gasteiger partial charge in [-0.3, -0.25) is 4.98 Å². The standard InChI is InChI=1S/C22H26F2N2/c1-4-5-6-7-8-12-26(3)16-21-14-20(15-25-17(21)2)18-10-9-11-19(13-18)22(23)24/h4-6,9-11,13-15,22H,1,7-8,12,16H2,2-3H3/b6-5-. The van der Waals surface area contributed by atoms with Crippen LogP contribution in [0.15, 0.2) is 61.3 Å². The highest BCUT2D eigenvalue weighted by Gasteiger charge is 2.10. The van der Waals surface area contributed by atoms with Gasteiger partial charge in [-0.25, -0.2) is 8.78 Å². The fourth-order valence-corrected chi connectivity index (χ4v) is 2.79. The topological polar surface area (TPSA) is 16.1 Å². The minimum absolute atomic E-state index is 0.0364. The van der Waals surface area contributed by atoms with Crippen LogP contribution in [-0.4, -0.2) is 23.5 Å². The van der Waals surface area contributed by atoms with E-state index in [1.54, 1.807) is 18.3 Å². The molecule has 1 heterocycles. The second-order valence-electron chi connectivity index (χ2n) is 6.44. The van der Waals surface area contributed by atoms with Crippen molar-refractivity contribution in [1.29, 1.82) is 0 Å². The quantitative estimate of drug-likeness (QED) is 0.408. The third kappa shape index (κ3) is 5.88. The van der Waals surface area contributed by atoms with Crippen molar-refractivity contribution in [2.75, 3.05) is 13.6 Å². The predicted octanol–water partition coefficient (Wildman–Crippen LogP) is 5.95. The summed E-state index contributed by atoms with van der Waals surface area (Å²) in [6.45, 7) is 7.41. The number of aryl methyl sites for hydroxylation is 1. The molecule has 0 aliphatic carbocycles. The number of rotatable bonds is 9. The van der Waals surface area contributed by atoms with E-state index < -0.39 is 6.43 Å². The van der Waals surface area contributed by atoms with Crippen molar-refractivity contribution >= 4 is 0 Å². The first kappa shape index (κ1) is 20.0. The Balaban J connectivity index is 2.08. The Bertz CT molecular complexity index is 754. The van der Waals surface area contributed by atoms with Crippen LogP contribution in [-0.2, 0) is 6.54 Å². The zero-order valence-corrected chi connectivity index (χ0v) is 15.5. The van der Waals surface area contributed by atoms with Gasteiger partial charge >= 0.3 is 0 Å². The molecule has 0 amide bonds. The fraction of sp³-hybridized carbons (Fsp3) is 0.318. The van der Waals surface area contributed by atoms with Crippen LogP contribution in [0.5, 0.6) is 0 Å². The zero-order valence-electron chi connectivity index (χ0n) is 15.5. The Hall–Kier alpha value is -2.33. The monoisotopic (exact) mass is 356 g/mol. The normalized spacial score (nSPS) is 11.6. The Kier molecular flexibility index (Phi) is 7.67. The van der Waals surface area contributed by atoms with Gasteiger partial charge in [0.25, 0.3) is 6.43 Å². The van der Waals surface area contributed by atoms with Crippen molar-refractivity contribution < 1.29 is 8.78 Å². The van der Waals surface area contributed by atoms with Gasteiger partial charge in [0, 0.05) is 29.6 Å². The number of halogens is 2. The molecule has 0 spiro atoms. The summed E-state index contributed by atoms with van der Waals surface area (Å²) in [6.07, 6.45) is 7.25. The molecule has 138 valence electrons. The van der Waals surface area contributed by atoms with E-state index >= 15 is 0 Å². The van der Waals surface area contributed by atoms with Gasteiger partial charge in [0.1, 0.15) is 0 Å². The van der Waals surface area contributed by atoms with Crippen LogP contribution < -0.4 is 0 Å². The molecule has 0 saturated heterocycles. The van der Waals surface area contributed by atoms with Gasteiger partial charge in [0.15, 0.2) is 0 Å². The molecule has 0 saturated carbocycles. The summed E-state index contributed by atoms with van der Waals surface area (Å²) >= 11 is 0. The lowest BCUT2D eigenvalue weighted by Gasteiger charge is -2.18. The summed E-state index contributed by atoms with van der Waals surface area (Å²) in [7, 11) is 2.08. The summed E-state index contributed by atoms with van der Waals surface area (Å²) in [5.74, 6) is 0. The Morgan fingerprint density at radius 1 is 1.23 bits per heavy atom. The largest absolute Gasteiger partial charge is 0.302 e. The molecule has 4 heteroatoms. The van der Waals surface area contributed by atoms with Gasteiger partial charge in [-0.05, 0) is 56.6 Å². The van der Waals surface area contributed by atoms with Crippen molar-refractivity contribution in [3.05, 3.63) is 78.2 Å². The predicted molar refractivity (Wildman–Crippen MR) is 104 cm³/mol. The highest BCUT2D eigenvalue weighted by Crippen LogP contribution is 2.26. The molecule has 0 atom stereocenters. The van der Waals surface area contributed by atoms with Gasteiger partial charge in [-0.1, -0.05) is 43.0 Å². The van der Waals surface area contributed by atoms with Gasteiger partial charge in [-0.2, -0.15) is 0 Å². The molecular formula is C22H26F2N2. The summed E-state index contributed by atoms with van der Waals surface area (Å²) < 4.78 is 25.9. The zero-order chi connectivity index (χ0) is 18.9. The van der Waals surface area contributed by atoms with Crippen molar-refractivity contribution in [3.63, 3.8) is 0 Å². The molecule has 0 aliphatic heterocycles. The molecular weight excluding hydrogens is 330 g/mol. The first-order valence-corrected chi connectivity index (χ1v) is 8.81. The van der Waals surface area contributed by atoms with E-state index in [9.17, 15) is 8.78 Å². The van der Waals surface area contributed by atoms with E-state index in [0.717, 1.165) is 48.3 Å². The number of hydrogen-bond acceptors (Lipinski definition) is 2. The molecule has 2 nitrogen and oxygen atoms in total. The number of aromatic nitrogens is 1. The lowest BCUT2D eigenvalue weighted by atomic mass is 10.0. The van der Waals surface area contributed by atoms with Gasteiger partial charge in [0.05, 0.1) is 0 Å². The van der Waals surface area contributed by atoms with E-state index in [1.165, 1.54) is 12.1 Å². The Morgan fingerprint density at radius 2 is 2.04 bits per heavy atom. The molecule has 2 rings (SSSR count). The van der Waals surface area contributed by atoms with Crippen LogP contribution in [0.25, 0.3) is 11.1 Å². The molecule has 0 N–H and O–H groups in total. The Labute approximate surface area is 154 Å². The second-order valence-corrected chi connectivity index (χ2v) is 6.44. The van der Waals surface area contributed by atoms with E-state index in [0.29, 0.717) is 0 Å². The number of allylic oxidation sites excluding steroid dienone is 3. The highest BCUT2D eigenvalue weighted by molar-refractivity contribution is 5.64. The number of hydrogen-bond donors (Lipinski definition) is 0. The lowest BCUT2D eigenvalue weighted by molar-refractivity contribution is 0.151. The van der Waals surface area contributed by atoms with E-state index in [2.05, 4.69) is 35.7 Å². The summed E-state index contributed by atoms with van der Waals surface area (Å²) in [4.78, 5) is 6.72. The van der Waals surface area contributed by atoms with Crippen LogP contribution >= 0.6 is 0 Å². The van der Waals surface area contributed by atoms with E-state index in [4.69, 9.17) is 0 Å². The SMILES string of the molecule is C=C/C=C\CCCN(C)Cc1cc(-c2cccc(C(F)F)c2)cnc1C. The van der Waals surface area contributed by atoms with Crippen LogP contribution in [0.1, 0.15) is 36.1 Å². The van der Waals surface area contributed by atoms with Crippen molar-refractivity contribution in [1.82, 2.24) is 9.88 Å². The van der Waals surface area contributed by atoms with Gasteiger partial charge < -0.3 is 4.90 Å². The maximum atomic E-state index is 12.9. The third-order valence-electron chi connectivity index (χ3n) is 4.29. The average Bonchev–Trinajstić information content (AvgIpc) is 2.63. The highest BCUT2D eigenvalue weighted by atomic mass is 19.3. The summed E-state index contributed by atoms with van der Waals surface area (Å²) in [6, 6.07) is 8.56. The smallest absolute Gasteiger partial charge is 0.263 e. The molecule has 1 aromatic heterocycles. The van der Waals surface area contributed by atoms with Crippen LogP contribution in [0.2, 0.25) is 0 Å². The molecule has 1 aromatic carbocycles. The minimum atomic E-state index is -2.46. The molecule has 0 radical (unpaired) electrons. The number of alkyl halides is 2. The third-order valence-corrected chi connectivity index (χ3v) is 4.29. The van der Waals surface area contributed by atoms with Crippen molar-refractivity contribution in [2.45, 2.75) is 32.7 Å². The van der Waals surface area contributed by atoms with Crippen molar-refractivity contribution in [3.8, 4) is 11.1 Å². The first-order valence-electron chi connectivity index (χ1n) is 8.81. The van der Waals surface area contributed by atoms with Crippen LogP contribution in [0.3, 0.4) is 0 Å². The average molecular weight is 356 g/mol. The molecule has 0 bridgehead atoms. The summed E-state index contributed by atoms with van der Waals surface area (Å²) in [5, 5.41) is 0. The van der Waals surface area contributed by atoms with Crippen molar-refractivity contribution in [2.24, 2.45) is 0 Å². The van der Waals surface area contributed by atoms with E-state index in [1.807, 2.05) is 19.1 Å². The minimum Gasteiger partial charge on any atom is -0.302 e. The fourth-order valence-electron chi connectivity index (χ4n) is 2.79. The van der Waals surface area contributed by atoms with Gasteiger partial charge in [-0.15, -0.1) is 0 Å². The molecule has 0 fully saturated rings. The van der Waals surface area contributed by atoms with Crippen LogP contribution in [0.4, 0.5) is 8.78 Å². The number of unbranched alkanes of at least 4 members (excludes halogenated alkanes) is 1. The molecule has 0 unspecified atom stereocenters. The second kappa shape index (κ2) is 9.97. The maximum absolute atomic E-state index is 12.9.